The SMILES string of the molecule is CCCCCCCCC=CC(=O)OCC(F)(F)F. The number of esters is 1. The molecule has 0 atom stereocenters. The molecule has 2 nitrogen and oxygen atoms in total. The summed E-state index contributed by atoms with van der Waals surface area (Å²) >= 11 is 0. The number of halogens is 3. The number of hydrogen-bond acceptors (Lipinski definition) is 2. The fourth-order valence-corrected chi connectivity index (χ4v) is 1.42. The Balaban J connectivity index is 3.43. The second-order valence-electron chi connectivity index (χ2n) is 4.18. The standard InChI is InChI=1S/C13H21F3O2/c1-2-3-4-5-6-7-8-9-10-12(17)18-11-13(14,15)16/h9-10H,2-8,11H2,1H3. The summed E-state index contributed by atoms with van der Waals surface area (Å²) in [5.41, 5.74) is 0. The van der Waals surface area contributed by atoms with Crippen LogP contribution in [0, 0.1) is 0 Å². The Morgan fingerprint density at radius 2 is 1.72 bits per heavy atom. The molecule has 0 fully saturated rings. The third-order valence-electron chi connectivity index (χ3n) is 2.36. The van der Waals surface area contributed by atoms with E-state index in [1.54, 1.807) is 6.08 Å². The van der Waals surface area contributed by atoms with Crippen molar-refractivity contribution < 1.29 is 22.7 Å². The first-order valence-electron chi connectivity index (χ1n) is 6.35. The molecule has 0 aromatic carbocycles. The molecular weight excluding hydrogens is 245 g/mol. The molecule has 0 spiro atoms. The lowest BCUT2D eigenvalue weighted by molar-refractivity contribution is -0.182. The fourth-order valence-electron chi connectivity index (χ4n) is 1.42. The van der Waals surface area contributed by atoms with Crippen LogP contribution in [-0.2, 0) is 9.53 Å². The van der Waals surface area contributed by atoms with Crippen LogP contribution in [0.2, 0.25) is 0 Å². The van der Waals surface area contributed by atoms with Crippen molar-refractivity contribution in [1.29, 1.82) is 0 Å². The van der Waals surface area contributed by atoms with Crippen LogP contribution < -0.4 is 0 Å². The third-order valence-corrected chi connectivity index (χ3v) is 2.36. The molecule has 0 unspecified atom stereocenters. The zero-order chi connectivity index (χ0) is 13.9. The molecule has 0 aromatic heterocycles. The maximum atomic E-state index is 11.7. The quantitative estimate of drug-likeness (QED) is 0.351. The number of unbranched alkanes of at least 4 members (excludes halogenated alkanes) is 6. The maximum absolute atomic E-state index is 11.7. The van der Waals surface area contributed by atoms with Gasteiger partial charge in [0.1, 0.15) is 0 Å². The highest BCUT2D eigenvalue weighted by molar-refractivity contribution is 5.81. The smallest absolute Gasteiger partial charge is 0.422 e. The summed E-state index contributed by atoms with van der Waals surface area (Å²) in [5, 5.41) is 0. The Hall–Kier alpha value is -1.00. The van der Waals surface area contributed by atoms with Crippen LogP contribution in [0.1, 0.15) is 51.9 Å². The van der Waals surface area contributed by atoms with Gasteiger partial charge in [-0.15, -0.1) is 0 Å². The van der Waals surface area contributed by atoms with Crippen LogP contribution in [0.5, 0.6) is 0 Å². The Morgan fingerprint density at radius 3 is 2.33 bits per heavy atom. The summed E-state index contributed by atoms with van der Waals surface area (Å²) in [6.45, 7) is 0.627. The predicted molar refractivity (Wildman–Crippen MR) is 64.1 cm³/mol. The van der Waals surface area contributed by atoms with Gasteiger partial charge in [0.05, 0.1) is 0 Å². The van der Waals surface area contributed by atoms with E-state index in [0.717, 1.165) is 18.9 Å². The maximum Gasteiger partial charge on any atom is 0.422 e. The first kappa shape index (κ1) is 17.0. The lowest BCUT2D eigenvalue weighted by Crippen LogP contribution is -2.19. The number of alkyl halides is 3. The molecule has 0 heterocycles. The molecule has 0 saturated heterocycles. The van der Waals surface area contributed by atoms with Crippen molar-refractivity contribution >= 4 is 5.97 Å². The topological polar surface area (TPSA) is 26.3 Å². The van der Waals surface area contributed by atoms with Crippen LogP contribution >= 0.6 is 0 Å². The van der Waals surface area contributed by atoms with Gasteiger partial charge >= 0.3 is 12.1 Å². The van der Waals surface area contributed by atoms with E-state index in [1.165, 1.54) is 25.7 Å². The highest BCUT2D eigenvalue weighted by Crippen LogP contribution is 2.14. The molecule has 0 aromatic rings. The largest absolute Gasteiger partial charge is 0.453 e. The number of ether oxygens (including phenoxy) is 1. The Morgan fingerprint density at radius 1 is 1.11 bits per heavy atom. The first-order chi connectivity index (χ1) is 8.45. The highest BCUT2D eigenvalue weighted by Gasteiger charge is 2.29. The Labute approximate surface area is 106 Å². The molecule has 0 aliphatic rings. The summed E-state index contributed by atoms with van der Waals surface area (Å²) in [7, 11) is 0. The first-order valence-corrected chi connectivity index (χ1v) is 6.35. The van der Waals surface area contributed by atoms with Crippen LogP contribution in [-0.4, -0.2) is 18.8 Å². The second kappa shape index (κ2) is 9.97. The van der Waals surface area contributed by atoms with Crippen molar-refractivity contribution in [3.8, 4) is 0 Å². The molecule has 0 rings (SSSR count). The summed E-state index contributed by atoms with van der Waals surface area (Å²) in [4.78, 5) is 10.9. The number of rotatable bonds is 9. The molecule has 0 N–H and O–H groups in total. The zero-order valence-corrected chi connectivity index (χ0v) is 10.8. The van der Waals surface area contributed by atoms with Crippen molar-refractivity contribution in [2.75, 3.05) is 6.61 Å². The van der Waals surface area contributed by atoms with Gasteiger partial charge in [-0.3, -0.25) is 0 Å². The van der Waals surface area contributed by atoms with Gasteiger partial charge in [-0.05, 0) is 12.8 Å². The number of carbonyl (C=O) groups excluding carboxylic acids is 1. The van der Waals surface area contributed by atoms with Crippen LogP contribution in [0.25, 0.3) is 0 Å². The summed E-state index contributed by atoms with van der Waals surface area (Å²) in [6, 6.07) is 0. The van der Waals surface area contributed by atoms with E-state index in [-0.39, 0.29) is 0 Å². The molecule has 0 radical (unpaired) electrons. The van der Waals surface area contributed by atoms with Crippen LogP contribution in [0.4, 0.5) is 13.2 Å². The van der Waals surface area contributed by atoms with Crippen molar-refractivity contribution in [2.24, 2.45) is 0 Å². The number of allylic oxidation sites excluding steroid dienone is 1. The zero-order valence-electron chi connectivity index (χ0n) is 10.8. The monoisotopic (exact) mass is 266 g/mol. The summed E-state index contributed by atoms with van der Waals surface area (Å²) < 4.78 is 39.1. The summed E-state index contributed by atoms with van der Waals surface area (Å²) in [6.07, 6.45) is 5.74. The minimum atomic E-state index is -4.46. The molecular formula is C13H21F3O2. The van der Waals surface area contributed by atoms with Gasteiger partial charge in [-0.25, -0.2) is 4.79 Å². The predicted octanol–water partition coefficient (Wildman–Crippen LogP) is 4.40. The molecule has 0 bridgehead atoms. The lowest BCUT2D eigenvalue weighted by Gasteiger charge is -2.05. The van der Waals surface area contributed by atoms with Gasteiger partial charge in [-0.2, -0.15) is 13.2 Å². The molecule has 0 aliphatic carbocycles. The van der Waals surface area contributed by atoms with E-state index in [2.05, 4.69) is 11.7 Å². The average Bonchev–Trinajstić information content (AvgIpc) is 2.29. The minimum Gasteiger partial charge on any atom is -0.453 e. The van der Waals surface area contributed by atoms with Gasteiger partial charge < -0.3 is 4.74 Å². The van der Waals surface area contributed by atoms with Gasteiger partial charge in [0, 0.05) is 6.08 Å². The molecule has 0 aliphatic heterocycles. The minimum absolute atomic E-state index is 0.702. The van der Waals surface area contributed by atoms with E-state index in [9.17, 15) is 18.0 Å². The van der Waals surface area contributed by atoms with Crippen LogP contribution in [0.3, 0.4) is 0 Å². The van der Waals surface area contributed by atoms with E-state index >= 15 is 0 Å². The number of carbonyl (C=O) groups is 1. The molecule has 106 valence electrons. The van der Waals surface area contributed by atoms with Gasteiger partial charge in [0.25, 0.3) is 0 Å². The van der Waals surface area contributed by atoms with Crippen LogP contribution in [0.15, 0.2) is 12.2 Å². The van der Waals surface area contributed by atoms with E-state index in [0.29, 0.717) is 6.42 Å². The van der Waals surface area contributed by atoms with E-state index in [1.807, 2.05) is 0 Å². The Bertz CT molecular complexity index is 247. The van der Waals surface area contributed by atoms with Gasteiger partial charge in [0.2, 0.25) is 0 Å². The van der Waals surface area contributed by atoms with E-state index in [4.69, 9.17) is 0 Å². The van der Waals surface area contributed by atoms with Crippen molar-refractivity contribution in [2.45, 2.75) is 58.0 Å². The third kappa shape index (κ3) is 13.1. The molecule has 0 amide bonds. The molecule has 5 heteroatoms. The lowest BCUT2D eigenvalue weighted by atomic mass is 10.1. The van der Waals surface area contributed by atoms with Gasteiger partial charge in [-0.1, -0.05) is 45.1 Å². The van der Waals surface area contributed by atoms with Crippen molar-refractivity contribution in [1.82, 2.24) is 0 Å². The van der Waals surface area contributed by atoms with Gasteiger partial charge in [0.15, 0.2) is 6.61 Å². The van der Waals surface area contributed by atoms with Crippen molar-refractivity contribution in [3.05, 3.63) is 12.2 Å². The fraction of sp³-hybridized carbons (Fsp3) is 0.769. The number of hydrogen-bond donors (Lipinski definition) is 0. The second-order valence-corrected chi connectivity index (χ2v) is 4.18. The van der Waals surface area contributed by atoms with Crippen molar-refractivity contribution in [3.63, 3.8) is 0 Å². The summed E-state index contributed by atoms with van der Waals surface area (Å²) in [5.74, 6) is -0.932. The molecule has 18 heavy (non-hydrogen) atoms. The average molecular weight is 266 g/mol. The normalized spacial score (nSPS) is 12.0. The highest BCUT2D eigenvalue weighted by atomic mass is 19.4. The van der Waals surface area contributed by atoms with E-state index < -0.39 is 18.8 Å². The Kier molecular flexibility index (Phi) is 9.42. The molecule has 0 saturated carbocycles.